The number of nitrogens with zero attached hydrogens (tertiary/aromatic N) is 1. The molecule has 0 amide bonds. The van der Waals surface area contributed by atoms with Gasteiger partial charge >= 0.3 is 0 Å². The van der Waals surface area contributed by atoms with E-state index in [0.29, 0.717) is 0 Å². The van der Waals surface area contributed by atoms with Crippen molar-refractivity contribution in [1.82, 2.24) is 10.2 Å². The van der Waals surface area contributed by atoms with Crippen molar-refractivity contribution in [2.45, 2.75) is 59.4 Å². The molecule has 0 aromatic heterocycles. The van der Waals surface area contributed by atoms with Crippen LogP contribution in [0.25, 0.3) is 0 Å². The van der Waals surface area contributed by atoms with Crippen LogP contribution in [-0.2, 0) is 6.54 Å². The molecule has 0 fully saturated rings. The van der Waals surface area contributed by atoms with E-state index in [-0.39, 0.29) is 0 Å². The zero-order valence-electron chi connectivity index (χ0n) is 14.3. The highest BCUT2D eigenvalue weighted by atomic mass is 15.1. The van der Waals surface area contributed by atoms with E-state index in [1.54, 1.807) is 0 Å². The van der Waals surface area contributed by atoms with Gasteiger partial charge in [-0.3, -0.25) is 0 Å². The number of rotatable bonds is 12. The summed E-state index contributed by atoms with van der Waals surface area (Å²) in [7, 11) is 0. The van der Waals surface area contributed by atoms with Gasteiger partial charge in [0.1, 0.15) is 0 Å². The highest BCUT2D eigenvalue weighted by molar-refractivity contribution is 5.20. The van der Waals surface area contributed by atoms with Gasteiger partial charge in [0.15, 0.2) is 0 Å². The molecule has 120 valence electrons. The van der Waals surface area contributed by atoms with E-state index in [0.717, 1.165) is 13.1 Å². The zero-order chi connectivity index (χ0) is 15.3. The van der Waals surface area contributed by atoms with Crippen LogP contribution in [0.3, 0.4) is 0 Å². The molecule has 0 aliphatic carbocycles. The maximum absolute atomic E-state index is 3.56. The largest absolute Gasteiger partial charge is 0.313 e. The molecule has 0 atom stereocenters. The van der Waals surface area contributed by atoms with Crippen molar-refractivity contribution in [1.29, 1.82) is 0 Å². The molecular weight excluding hydrogens is 256 g/mol. The third kappa shape index (κ3) is 8.90. The van der Waals surface area contributed by atoms with Gasteiger partial charge in [0.05, 0.1) is 0 Å². The Kier molecular flexibility index (Phi) is 10.2. The second-order valence-electron chi connectivity index (χ2n) is 6.06. The van der Waals surface area contributed by atoms with Crippen molar-refractivity contribution in [2.75, 3.05) is 26.2 Å². The molecule has 0 saturated heterocycles. The summed E-state index contributed by atoms with van der Waals surface area (Å²) in [5.41, 5.74) is 2.72. The van der Waals surface area contributed by atoms with Crippen LogP contribution >= 0.6 is 0 Å². The lowest BCUT2D eigenvalue weighted by Gasteiger charge is -2.21. The summed E-state index contributed by atoms with van der Waals surface area (Å²) in [6.45, 7) is 12.6. The standard InChI is InChI=1S/C19H34N2/c1-4-6-14-21(15-7-5-2)16-8-13-20-17-19-11-9-18(3)10-12-19/h9-12,20H,4-8,13-17H2,1-3H3. The van der Waals surface area contributed by atoms with Crippen LogP contribution in [0.1, 0.15) is 57.1 Å². The molecule has 0 spiro atoms. The van der Waals surface area contributed by atoms with Crippen LogP contribution < -0.4 is 5.32 Å². The first-order valence-electron chi connectivity index (χ1n) is 8.74. The lowest BCUT2D eigenvalue weighted by Crippen LogP contribution is -2.29. The lowest BCUT2D eigenvalue weighted by molar-refractivity contribution is 0.261. The second kappa shape index (κ2) is 11.8. The molecule has 1 aromatic rings. The summed E-state index contributed by atoms with van der Waals surface area (Å²) < 4.78 is 0. The molecule has 0 unspecified atom stereocenters. The summed E-state index contributed by atoms with van der Waals surface area (Å²) in [6.07, 6.45) is 6.52. The van der Waals surface area contributed by atoms with Gasteiger partial charge in [-0.2, -0.15) is 0 Å². The molecule has 0 saturated carbocycles. The van der Waals surface area contributed by atoms with Crippen molar-refractivity contribution in [3.05, 3.63) is 35.4 Å². The molecule has 21 heavy (non-hydrogen) atoms. The predicted molar refractivity (Wildman–Crippen MR) is 93.8 cm³/mol. The Bertz CT molecular complexity index is 337. The number of benzene rings is 1. The molecule has 1 N–H and O–H groups in total. The normalized spacial score (nSPS) is 11.2. The average molecular weight is 290 g/mol. The average Bonchev–Trinajstić information content (AvgIpc) is 2.50. The third-order valence-corrected chi connectivity index (χ3v) is 3.93. The number of hydrogen-bond acceptors (Lipinski definition) is 2. The number of unbranched alkanes of at least 4 members (excludes halogenated alkanes) is 2. The molecule has 0 bridgehead atoms. The summed E-state index contributed by atoms with van der Waals surface area (Å²) in [6, 6.07) is 8.82. The molecule has 2 nitrogen and oxygen atoms in total. The topological polar surface area (TPSA) is 15.3 Å². The Hall–Kier alpha value is -0.860. The van der Waals surface area contributed by atoms with Crippen molar-refractivity contribution in [3.8, 4) is 0 Å². The Balaban J connectivity index is 2.13. The summed E-state index contributed by atoms with van der Waals surface area (Å²) in [5, 5.41) is 3.56. The van der Waals surface area contributed by atoms with Crippen LogP contribution in [-0.4, -0.2) is 31.1 Å². The van der Waals surface area contributed by atoms with Gasteiger partial charge in [0, 0.05) is 6.54 Å². The van der Waals surface area contributed by atoms with Gasteiger partial charge in [-0.05, 0) is 57.9 Å². The predicted octanol–water partition coefficient (Wildman–Crippen LogP) is 4.38. The molecule has 0 aliphatic rings. The first-order valence-corrected chi connectivity index (χ1v) is 8.74. The Morgan fingerprint density at radius 1 is 0.857 bits per heavy atom. The molecule has 0 heterocycles. The van der Waals surface area contributed by atoms with E-state index in [9.17, 15) is 0 Å². The van der Waals surface area contributed by atoms with E-state index in [1.165, 1.54) is 62.9 Å². The SMILES string of the molecule is CCCCN(CCCC)CCCNCc1ccc(C)cc1. The maximum atomic E-state index is 3.56. The van der Waals surface area contributed by atoms with E-state index in [4.69, 9.17) is 0 Å². The minimum Gasteiger partial charge on any atom is -0.313 e. The van der Waals surface area contributed by atoms with Crippen molar-refractivity contribution in [2.24, 2.45) is 0 Å². The highest BCUT2D eigenvalue weighted by Crippen LogP contribution is 2.03. The summed E-state index contributed by atoms with van der Waals surface area (Å²) >= 11 is 0. The molecule has 2 heteroatoms. The first-order chi connectivity index (χ1) is 10.3. The molecule has 1 rings (SSSR count). The Morgan fingerprint density at radius 3 is 2.00 bits per heavy atom. The van der Waals surface area contributed by atoms with Crippen molar-refractivity contribution >= 4 is 0 Å². The second-order valence-corrected chi connectivity index (χ2v) is 6.06. The fraction of sp³-hybridized carbons (Fsp3) is 0.684. The molecule has 0 radical (unpaired) electrons. The van der Waals surface area contributed by atoms with Gasteiger partial charge in [0.25, 0.3) is 0 Å². The third-order valence-electron chi connectivity index (χ3n) is 3.93. The Labute approximate surface area is 131 Å². The zero-order valence-corrected chi connectivity index (χ0v) is 14.3. The van der Waals surface area contributed by atoms with Gasteiger partial charge in [0.2, 0.25) is 0 Å². The van der Waals surface area contributed by atoms with Crippen LogP contribution in [0.4, 0.5) is 0 Å². The molecule has 1 aromatic carbocycles. The van der Waals surface area contributed by atoms with E-state index >= 15 is 0 Å². The Morgan fingerprint density at radius 2 is 1.43 bits per heavy atom. The fourth-order valence-corrected chi connectivity index (χ4v) is 2.47. The summed E-state index contributed by atoms with van der Waals surface area (Å²) in [5.74, 6) is 0. The minimum absolute atomic E-state index is 0.990. The maximum Gasteiger partial charge on any atom is 0.0205 e. The van der Waals surface area contributed by atoms with Gasteiger partial charge in [-0.15, -0.1) is 0 Å². The molecule has 0 aliphatic heterocycles. The van der Waals surface area contributed by atoms with E-state index < -0.39 is 0 Å². The van der Waals surface area contributed by atoms with Crippen LogP contribution in [0, 0.1) is 6.92 Å². The lowest BCUT2D eigenvalue weighted by atomic mass is 10.1. The smallest absolute Gasteiger partial charge is 0.0205 e. The van der Waals surface area contributed by atoms with Crippen molar-refractivity contribution in [3.63, 3.8) is 0 Å². The minimum atomic E-state index is 0.990. The first kappa shape index (κ1) is 18.2. The van der Waals surface area contributed by atoms with E-state index in [2.05, 4.69) is 55.3 Å². The van der Waals surface area contributed by atoms with Crippen LogP contribution in [0.2, 0.25) is 0 Å². The number of hydrogen-bond donors (Lipinski definition) is 1. The van der Waals surface area contributed by atoms with Gasteiger partial charge < -0.3 is 10.2 Å². The summed E-state index contributed by atoms with van der Waals surface area (Å²) in [4.78, 5) is 2.64. The number of aryl methyl sites for hydroxylation is 1. The fourth-order valence-electron chi connectivity index (χ4n) is 2.47. The molecular formula is C19H34N2. The van der Waals surface area contributed by atoms with Gasteiger partial charge in [-0.25, -0.2) is 0 Å². The van der Waals surface area contributed by atoms with Crippen molar-refractivity contribution < 1.29 is 0 Å². The monoisotopic (exact) mass is 290 g/mol. The van der Waals surface area contributed by atoms with Gasteiger partial charge in [-0.1, -0.05) is 56.5 Å². The van der Waals surface area contributed by atoms with Crippen LogP contribution in [0.5, 0.6) is 0 Å². The highest BCUT2D eigenvalue weighted by Gasteiger charge is 2.03. The quantitative estimate of drug-likeness (QED) is 0.575. The van der Waals surface area contributed by atoms with Crippen LogP contribution in [0.15, 0.2) is 24.3 Å². The number of nitrogens with one attached hydrogen (secondary N) is 1. The van der Waals surface area contributed by atoms with E-state index in [1.807, 2.05) is 0 Å².